The van der Waals surface area contributed by atoms with Crippen LogP contribution in [0.25, 0.3) is 0 Å². The van der Waals surface area contributed by atoms with Gasteiger partial charge in [0.15, 0.2) is 5.69 Å². The van der Waals surface area contributed by atoms with Crippen LogP contribution in [-0.4, -0.2) is 72.3 Å². The van der Waals surface area contributed by atoms with E-state index in [4.69, 9.17) is 4.52 Å². The number of carbonyl (C=O) groups is 1. The van der Waals surface area contributed by atoms with Crippen molar-refractivity contribution >= 4 is 15.9 Å². The first-order valence-corrected chi connectivity index (χ1v) is 15.7. The maximum atomic E-state index is 13.5. The van der Waals surface area contributed by atoms with E-state index >= 15 is 0 Å². The van der Waals surface area contributed by atoms with Crippen molar-refractivity contribution in [2.75, 3.05) is 12.3 Å². The minimum Gasteiger partial charge on any atom is -0.360 e. The SMILES string of the molecule is O=C(NC1C[C@H]2CC[C@@H](C1)N2S(=O)(=O)CC1CCC(NCC2CC(F)(F)C2)CC1)c1cc([C@@H]2C[C@H]2F)on1. The van der Waals surface area contributed by atoms with Gasteiger partial charge >= 0.3 is 0 Å². The molecular weight excluding hydrogens is 521 g/mol. The van der Waals surface area contributed by atoms with Gasteiger partial charge in [-0.05, 0) is 76.2 Å². The third kappa shape index (κ3) is 5.63. The number of fused-ring (bicyclic) bond motifs is 2. The van der Waals surface area contributed by atoms with Crippen molar-refractivity contribution in [2.45, 2.75) is 113 Å². The molecule has 0 aromatic carbocycles. The highest BCUT2D eigenvalue weighted by molar-refractivity contribution is 7.89. The lowest BCUT2D eigenvalue weighted by molar-refractivity contribution is -0.109. The zero-order valence-electron chi connectivity index (χ0n) is 21.5. The summed E-state index contributed by atoms with van der Waals surface area (Å²) >= 11 is 0. The summed E-state index contributed by atoms with van der Waals surface area (Å²) in [4.78, 5) is 12.7. The molecule has 5 fully saturated rings. The van der Waals surface area contributed by atoms with E-state index in [0.29, 0.717) is 31.6 Å². The van der Waals surface area contributed by atoms with E-state index in [1.807, 2.05) is 0 Å². The predicted molar refractivity (Wildman–Crippen MR) is 133 cm³/mol. The highest BCUT2D eigenvalue weighted by Crippen LogP contribution is 2.44. The number of hydrogen-bond acceptors (Lipinski definition) is 6. The molecule has 2 aliphatic heterocycles. The van der Waals surface area contributed by atoms with E-state index in [2.05, 4.69) is 15.8 Å². The molecule has 0 spiro atoms. The molecule has 1 unspecified atom stereocenters. The summed E-state index contributed by atoms with van der Waals surface area (Å²) in [6.45, 7) is 0.620. The molecule has 1 aromatic heterocycles. The molecule has 1 aromatic rings. The number of nitrogens with zero attached hydrogens (tertiary/aromatic N) is 2. The van der Waals surface area contributed by atoms with Crippen LogP contribution < -0.4 is 10.6 Å². The van der Waals surface area contributed by atoms with Crippen molar-refractivity contribution < 1.29 is 30.9 Å². The van der Waals surface area contributed by atoms with Crippen LogP contribution in [0.3, 0.4) is 0 Å². The molecule has 8 nitrogen and oxygen atoms in total. The van der Waals surface area contributed by atoms with Gasteiger partial charge in [-0.2, -0.15) is 4.31 Å². The van der Waals surface area contributed by atoms with Gasteiger partial charge in [-0.25, -0.2) is 21.6 Å². The molecule has 5 aliphatic rings. The summed E-state index contributed by atoms with van der Waals surface area (Å²) in [6, 6.07) is 1.41. The summed E-state index contributed by atoms with van der Waals surface area (Å²) in [5.74, 6) is -2.45. The first-order chi connectivity index (χ1) is 18.1. The average Bonchev–Trinajstić information content (AvgIpc) is 3.24. The molecule has 5 atom stereocenters. The second kappa shape index (κ2) is 10.1. The minimum atomic E-state index is -3.42. The molecule has 3 aliphatic carbocycles. The number of sulfonamides is 1. The van der Waals surface area contributed by atoms with E-state index in [9.17, 15) is 26.4 Å². The highest BCUT2D eigenvalue weighted by Gasteiger charge is 2.48. The summed E-state index contributed by atoms with van der Waals surface area (Å²) in [5.41, 5.74) is 0.136. The van der Waals surface area contributed by atoms with Gasteiger partial charge in [0.2, 0.25) is 15.9 Å². The molecule has 2 N–H and O–H groups in total. The van der Waals surface area contributed by atoms with E-state index in [1.54, 1.807) is 4.31 Å². The summed E-state index contributed by atoms with van der Waals surface area (Å²) in [5, 5.41) is 10.2. The number of alkyl halides is 3. The van der Waals surface area contributed by atoms with Gasteiger partial charge < -0.3 is 15.2 Å². The number of rotatable bonds is 9. The summed E-state index contributed by atoms with van der Waals surface area (Å²) in [6.07, 6.45) is 5.53. The maximum Gasteiger partial charge on any atom is 0.273 e. The molecule has 3 heterocycles. The molecule has 2 saturated heterocycles. The topological polar surface area (TPSA) is 105 Å². The van der Waals surface area contributed by atoms with Crippen molar-refractivity contribution in [1.29, 1.82) is 0 Å². The van der Waals surface area contributed by atoms with Gasteiger partial charge in [0, 0.05) is 43.1 Å². The minimum absolute atomic E-state index is 0.0291. The molecule has 212 valence electrons. The Kier molecular flexibility index (Phi) is 7.04. The van der Waals surface area contributed by atoms with Gasteiger partial charge in [-0.3, -0.25) is 4.79 Å². The van der Waals surface area contributed by atoms with Crippen LogP contribution in [0.4, 0.5) is 13.2 Å². The second-order valence-electron chi connectivity index (χ2n) is 12.4. The van der Waals surface area contributed by atoms with Crippen LogP contribution in [0.2, 0.25) is 0 Å². The zero-order valence-corrected chi connectivity index (χ0v) is 22.3. The standard InChI is InChI=1S/C26H37F3N4O4S/c27-22-9-21(22)24-10-23(32-37-24)25(34)31-18-7-19-5-6-20(8-18)33(19)38(35,36)14-15-1-3-17(4-2-15)30-13-16-11-26(28,29)12-16/h10,15-22,30H,1-9,11-14H2,(H,31,34)/t15?,17?,18?,19-,20+,21-,22-/m1/s1. The lowest BCUT2D eigenvalue weighted by Crippen LogP contribution is -2.53. The maximum absolute atomic E-state index is 13.5. The lowest BCUT2D eigenvalue weighted by Gasteiger charge is -2.39. The van der Waals surface area contributed by atoms with Gasteiger partial charge in [-0.15, -0.1) is 0 Å². The van der Waals surface area contributed by atoms with Gasteiger partial charge in [-0.1, -0.05) is 5.16 Å². The summed E-state index contributed by atoms with van der Waals surface area (Å²) < 4.78 is 73.1. The van der Waals surface area contributed by atoms with E-state index in [0.717, 1.165) is 38.5 Å². The number of nitrogens with one attached hydrogen (secondary N) is 2. The van der Waals surface area contributed by atoms with Gasteiger partial charge in [0.1, 0.15) is 11.9 Å². The third-order valence-electron chi connectivity index (χ3n) is 9.32. The normalized spacial score (nSPS) is 37.1. The van der Waals surface area contributed by atoms with Crippen LogP contribution in [0.1, 0.15) is 92.8 Å². The fourth-order valence-electron chi connectivity index (χ4n) is 7.17. The number of aromatic nitrogens is 1. The Balaban J connectivity index is 0.965. The Labute approximate surface area is 221 Å². The quantitative estimate of drug-likeness (QED) is 0.479. The number of piperidine rings is 1. The Morgan fingerprint density at radius 3 is 2.29 bits per heavy atom. The van der Waals surface area contributed by atoms with Crippen LogP contribution in [0.15, 0.2) is 10.6 Å². The molecule has 1 amide bonds. The van der Waals surface area contributed by atoms with Crippen molar-refractivity contribution in [3.8, 4) is 0 Å². The molecule has 6 rings (SSSR count). The average molecular weight is 559 g/mol. The fourth-order valence-corrected chi connectivity index (χ4v) is 9.57. The number of hydrogen-bond donors (Lipinski definition) is 2. The van der Waals surface area contributed by atoms with Crippen LogP contribution >= 0.6 is 0 Å². The lowest BCUT2D eigenvalue weighted by atomic mass is 9.80. The van der Waals surface area contributed by atoms with Crippen molar-refractivity contribution in [3.63, 3.8) is 0 Å². The molecular formula is C26H37F3N4O4S. The van der Waals surface area contributed by atoms with Crippen molar-refractivity contribution in [3.05, 3.63) is 17.5 Å². The van der Waals surface area contributed by atoms with Gasteiger partial charge in [0.05, 0.1) is 11.7 Å². The second-order valence-corrected chi connectivity index (χ2v) is 14.3. The van der Waals surface area contributed by atoms with Crippen molar-refractivity contribution in [2.24, 2.45) is 11.8 Å². The number of amides is 1. The zero-order chi connectivity index (χ0) is 26.7. The van der Waals surface area contributed by atoms with E-state index in [1.165, 1.54) is 6.07 Å². The molecule has 38 heavy (non-hydrogen) atoms. The van der Waals surface area contributed by atoms with E-state index in [-0.39, 0.29) is 72.1 Å². The number of carbonyl (C=O) groups excluding carboxylic acids is 1. The Morgan fingerprint density at radius 2 is 1.68 bits per heavy atom. The largest absolute Gasteiger partial charge is 0.360 e. The van der Waals surface area contributed by atoms with Crippen LogP contribution in [0, 0.1) is 11.8 Å². The first kappa shape index (κ1) is 26.6. The fraction of sp³-hybridized carbons (Fsp3) is 0.846. The predicted octanol–water partition coefficient (Wildman–Crippen LogP) is 3.75. The highest BCUT2D eigenvalue weighted by atomic mass is 32.2. The molecule has 3 saturated carbocycles. The Morgan fingerprint density at radius 1 is 1.03 bits per heavy atom. The Bertz CT molecular complexity index is 1120. The molecule has 2 bridgehead atoms. The number of halogens is 3. The van der Waals surface area contributed by atoms with Crippen molar-refractivity contribution in [1.82, 2.24) is 20.1 Å². The monoisotopic (exact) mass is 558 g/mol. The smallest absolute Gasteiger partial charge is 0.273 e. The van der Waals surface area contributed by atoms with Gasteiger partial charge in [0.25, 0.3) is 5.91 Å². The molecule has 0 radical (unpaired) electrons. The Hall–Kier alpha value is -1.66. The summed E-state index contributed by atoms with van der Waals surface area (Å²) in [7, 11) is -3.42. The van der Waals surface area contributed by atoms with E-state index < -0.39 is 22.1 Å². The first-order valence-electron chi connectivity index (χ1n) is 14.1. The van der Waals surface area contributed by atoms with Crippen LogP contribution in [-0.2, 0) is 10.0 Å². The van der Waals surface area contributed by atoms with Crippen LogP contribution in [0.5, 0.6) is 0 Å². The third-order valence-corrected chi connectivity index (χ3v) is 11.5. The molecule has 12 heteroatoms.